The molecule has 0 spiro atoms. The molecule has 0 aliphatic heterocycles. The average Bonchev–Trinajstić information content (AvgIpc) is 3.42. The van der Waals surface area contributed by atoms with Gasteiger partial charge in [0.05, 0.1) is 12.3 Å². The molecular formula is C22H19ClN4OS2. The topological polar surface area (TPSA) is 59.8 Å². The lowest BCUT2D eigenvalue weighted by Gasteiger charge is -2.11. The van der Waals surface area contributed by atoms with Crippen LogP contribution in [0.4, 0.5) is 0 Å². The van der Waals surface area contributed by atoms with E-state index in [9.17, 15) is 4.79 Å². The molecule has 0 atom stereocenters. The minimum atomic E-state index is -0.0418. The number of thioether (sulfide) groups is 1. The van der Waals surface area contributed by atoms with E-state index in [2.05, 4.69) is 15.5 Å². The number of thiophene rings is 1. The molecule has 0 aliphatic rings. The Labute approximate surface area is 188 Å². The van der Waals surface area contributed by atoms with Gasteiger partial charge in [0, 0.05) is 21.2 Å². The third kappa shape index (κ3) is 4.92. The van der Waals surface area contributed by atoms with Gasteiger partial charge in [-0.15, -0.1) is 21.5 Å². The summed E-state index contributed by atoms with van der Waals surface area (Å²) in [7, 11) is 0. The minimum Gasteiger partial charge on any atom is -0.350 e. The number of nitrogens with one attached hydrogen (secondary N) is 1. The molecule has 0 radical (unpaired) electrons. The number of nitrogens with zero attached hydrogens (tertiary/aromatic N) is 3. The van der Waals surface area contributed by atoms with Gasteiger partial charge >= 0.3 is 0 Å². The van der Waals surface area contributed by atoms with E-state index in [1.165, 1.54) is 17.3 Å². The molecule has 30 heavy (non-hydrogen) atoms. The molecule has 8 heteroatoms. The molecule has 1 N–H and O–H groups in total. The number of rotatable bonds is 7. The molecule has 0 saturated heterocycles. The second kappa shape index (κ2) is 9.47. The highest BCUT2D eigenvalue weighted by molar-refractivity contribution is 7.99. The maximum Gasteiger partial charge on any atom is 0.230 e. The number of amides is 1. The van der Waals surface area contributed by atoms with E-state index < -0.39 is 0 Å². The number of benzene rings is 2. The van der Waals surface area contributed by atoms with Gasteiger partial charge in [0.15, 0.2) is 11.0 Å². The Bertz CT molecular complexity index is 1120. The summed E-state index contributed by atoms with van der Waals surface area (Å²) in [6, 6.07) is 19.6. The second-order valence-corrected chi connectivity index (χ2v) is 9.04. The van der Waals surface area contributed by atoms with Gasteiger partial charge in [-0.3, -0.25) is 9.36 Å². The first-order valence-electron chi connectivity index (χ1n) is 9.30. The minimum absolute atomic E-state index is 0.0418. The van der Waals surface area contributed by atoms with Crippen molar-refractivity contribution in [3.63, 3.8) is 0 Å². The van der Waals surface area contributed by atoms with E-state index in [-0.39, 0.29) is 11.7 Å². The number of halogens is 1. The number of hydrogen-bond donors (Lipinski definition) is 1. The zero-order valence-electron chi connectivity index (χ0n) is 16.2. The van der Waals surface area contributed by atoms with E-state index in [1.54, 1.807) is 11.3 Å². The zero-order chi connectivity index (χ0) is 20.9. The number of carbonyl (C=O) groups excluding carboxylic acids is 1. The van der Waals surface area contributed by atoms with Crippen molar-refractivity contribution in [1.29, 1.82) is 0 Å². The maximum atomic E-state index is 12.3. The Morgan fingerprint density at radius 1 is 1.10 bits per heavy atom. The van der Waals surface area contributed by atoms with Crippen molar-refractivity contribution in [3.05, 3.63) is 81.5 Å². The van der Waals surface area contributed by atoms with Crippen LogP contribution in [0.1, 0.15) is 10.4 Å². The molecule has 4 aromatic rings. The van der Waals surface area contributed by atoms with Crippen molar-refractivity contribution in [2.24, 2.45) is 0 Å². The van der Waals surface area contributed by atoms with E-state index in [0.29, 0.717) is 22.5 Å². The molecule has 1 amide bonds. The van der Waals surface area contributed by atoms with Crippen molar-refractivity contribution in [3.8, 4) is 17.1 Å². The van der Waals surface area contributed by atoms with Gasteiger partial charge in [-0.05, 0) is 54.8 Å². The fourth-order valence-corrected chi connectivity index (χ4v) is 4.41. The molecule has 0 bridgehead atoms. The van der Waals surface area contributed by atoms with Crippen molar-refractivity contribution >= 4 is 40.6 Å². The van der Waals surface area contributed by atoms with Crippen LogP contribution >= 0.6 is 34.7 Å². The molecule has 2 heterocycles. The maximum absolute atomic E-state index is 12.3. The predicted molar refractivity (Wildman–Crippen MR) is 123 cm³/mol. The largest absolute Gasteiger partial charge is 0.350 e. The third-order valence-corrected chi connectivity index (χ3v) is 6.46. The van der Waals surface area contributed by atoms with Crippen LogP contribution in [-0.4, -0.2) is 26.4 Å². The van der Waals surface area contributed by atoms with Gasteiger partial charge in [0.1, 0.15) is 0 Å². The molecule has 5 nitrogen and oxygen atoms in total. The summed E-state index contributed by atoms with van der Waals surface area (Å²) in [5.41, 5.74) is 3.01. The van der Waals surface area contributed by atoms with Gasteiger partial charge in [-0.25, -0.2) is 0 Å². The lowest BCUT2D eigenvalue weighted by molar-refractivity contribution is -0.118. The van der Waals surface area contributed by atoms with Crippen LogP contribution < -0.4 is 5.32 Å². The van der Waals surface area contributed by atoms with Crippen molar-refractivity contribution in [2.75, 3.05) is 5.75 Å². The lowest BCUT2D eigenvalue weighted by atomic mass is 10.2. The SMILES string of the molecule is Cc1ccc(-n2c(SCC(=O)NCc3cccs3)nnc2-c2ccc(Cl)cc2)cc1. The summed E-state index contributed by atoms with van der Waals surface area (Å²) in [4.78, 5) is 13.4. The molecule has 0 unspecified atom stereocenters. The molecular weight excluding hydrogens is 436 g/mol. The quantitative estimate of drug-likeness (QED) is 0.381. The van der Waals surface area contributed by atoms with Gasteiger partial charge in [0.2, 0.25) is 5.91 Å². The normalized spacial score (nSPS) is 10.9. The molecule has 0 aliphatic carbocycles. The Kier molecular flexibility index (Phi) is 6.52. The van der Waals surface area contributed by atoms with Crippen LogP contribution in [0.3, 0.4) is 0 Å². The summed E-state index contributed by atoms with van der Waals surface area (Å²) < 4.78 is 1.97. The van der Waals surface area contributed by atoms with Crippen molar-refractivity contribution < 1.29 is 4.79 Å². The molecule has 152 valence electrons. The summed E-state index contributed by atoms with van der Waals surface area (Å²) in [5, 5.41) is 15.0. The van der Waals surface area contributed by atoms with E-state index in [0.717, 1.165) is 16.1 Å². The highest BCUT2D eigenvalue weighted by atomic mass is 35.5. The van der Waals surface area contributed by atoms with Gasteiger partial charge < -0.3 is 5.32 Å². The zero-order valence-corrected chi connectivity index (χ0v) is 18.6. The lowest BCUT2D eigenvalue weighted by Crippen LogP contribution is -2.24. The standard InChI is InChI=1S/C22H19ClN4OS2/c1-15-4-10-18(11-5-15)27-21(16-6-8-17(23)9-7-16)25-26-22(27)30-14-20(28)24-13-19-3-2-12-29-19/h2-12H,13-14H2,1H3,(H,24,28). The van der Waals surface area contributed by atoms with E-state index >= 15 is 0 Å². The first kappa shape index (κ1) is 20.7. The number of carbonyl (C=O) groups is 1. The highest BCUT2D eigenvalue weighted by Gasteiger charge is 2.17. The monoisotopic (exact) mass is 454 g/mol. The van der Waals surface area contributed by atoms with Crippen molar-refractivity contribution in [1.82, 2.24) is 20.1 Å². The van der Waals surface area contributed by atoms with E-state index in [4.69, 9.17) is 11.6 Å². The van der Waals surface area contributed by atoms with Gasteiger partial charge in [0.25, 0.3) is 0 Å². The fraction of sp³-hybridized carbons (Fsp3) is 0.136. The smallest absolute Gasteiger partial charge is 0.230 e. The number of aromatic nitrogens is 3. The summed E-state index contributed by atoms with van der Waals surface area (Å²) in [6.45, 7) is 2.58. The summed E-state index contributed by atoms with van der Waals surface area (Å²) in [5.74, 6) is 0.924. The Hall–Kier alpha value is -2.61. The average molecular weight is 455 g/mol. The summed E-state index contributed by atoms with van der Waals surface area (Å²) >= 11 is 9.03. The van der Waals surface area contributed by atoms with E-state index in [1.807, 2.05) is 77.5 Å². The second-order valence-electron chi connectivity index (χ2n) is 6.63. The Morgan fingerprint density at radius 2 is 1.87 bits per heavy atom. The molecule has 0 fully saturated rings. The van der Waals surface area contributed by atoms with Crippen molar-refractivity contribution in [2.45, 2.75) is 18.6 Å². The van der Waals surface area contributed by atoms with Crippen LogP contribution in [0.25, 0.3) is 17.1 Å². The molecule has 2 aromatic carbocycles. The van der Waals surface area contributed by atoms with Crippen LogP contribution in [0.5, 0.6) is 0 Å². The van der Waals surface area contributed by atoms with Crippen LogP contribution in [0, 0.1) is 6.92 Å². The fourth-order valence-electron chi connectivity index (χ4n) is 2.86. The molecule has 2 aromatic heterocycles. The first-order valence-corrected chi connectivity index (χ1v) is 11.5. The van der Waals surface area contributed by atoms with Gasteiger partial charge in [-0.2, -0.15) is 0 Å². The molecule has 4 rings (SSSR count). The number of hydrogen-bond acceptors (Lipinski definition) is 5. The van der Waals surface area contributed by atoms with Crippen LogP contribution in [0.2, 0.25) is 5.02 Å². The Balaban J connectivity index is 1.57. The first-order chi connectivity index (χ1) is 14.6. The molecule has 0 saturated carbocycles. The Morgan fingerprint density at radius 3 is 2.57 bits per heavy atom. The third-order valence-electron chi connectivity index (χ3n) is 4.40. The van der Waals surface area contributed by atoms with Gasteiger partial charge in [-0.1, -0.05) is 47.1 Å². The summed E-state index contributed by atoms with van der Waals surface area (Å²) in [6.07, 6.45) is 0. The number of aryl methyl sites for hydroxylation is 1. The van der Waals surface area contributed by atoms with Crippen LogP contribution in [-0.2, 0) is 11.3 Å². The highest BCUT2D eigenvalue weighted by Crippen LogP contribution is 2.28. The van der Waals surface area contributed by atoms with Crippen LogP contribution in [0.15, 0.2) is 71.2 Å². The predicted octanol–water partition coefficient (Wildman–Crippen LogP) is 5.37.